The van der Waals surface area contributed by atoms with Crippen molar-refractivity contribution in [3.8, 4) is 0 Å². The Balaban J connectivity index is 2.05. The van der Waals surface area contributed by atoms with Gasteiger partial charge in [-0.15, -0.1) is 0 Å². The lowest BCUT2D eigenvalue weighted by Crippen LogP contribution is -2.39. The van der Waals surface area contributed by atoms with Crippen LogP contribution in [0.25, 0.3) is 0 Å². The van der Waals surface area contributed by atoms with Crippen LogP contribution in [0.3, 0.4) is 0 Å². The Hall–Kier alpha value is -1.31. The number of carbonyl (C=O) groups is 2. The maximum Gasteiger partial charge on any atom is 0.394 e. The first-order chi connectivity index (χ1) is 9.74. The first-order valence-electron chi connectivity index (χ1n) is 6.97. The molecule has 5 nitrogen and oxygen atoms in total. The van der Waals surface area contributed by atoms with E-state index in [1.807, 2.05) is 6.92 Å². The Labute approximate surface area is 120 Å². The number of aliphatic carboxylic acids is 1. The van der Waals surface area contributed by atoms with Crippen LogP contribution >= 0.6 is 0 Å². The fourth-order valence-electron chi connectivity index (χ4n) is 2.96. The predicted molar refractivity (Wildman–Crippen MR) is 65.4 cm³/mol. The number of amides is 1. The maximum absolute atomic E-state index is 12.9. The molecule has 0 aromatic carbocycles. The summed E-state index contributed by atoms with van der Waals surface area (Å²) in [6.07, 6.45) is -3.49. The molecule has 0 saturated carbocycles. The Morgan fingerprint density at radius 3 is 2.38 bits per heavy atom. The SMILES string of the molecule is CCC1CCC(C(=O)N2C[C@@H](C(F)(F)F)[C@H](C(=O)O)C2)O1. The summed E-state index contributed by atoms with van der Waals surface area (Å²) in [6, 6.07) is 0. The van der Waals surface area contributed by atoms with E-state index in [0.29, 0.717) is 12.8 Å². The minimum absolute atomic E-state index is 0.0461. The number of rotatable bonds is 3. The number of halogens is 3. The Bertz CT molecular complexity index is 426. The minimum atomic E-state index is -4.62. The Kier molecular flexibility index (Phi) is 4.46. The average molecular weight is 309 g/mol. The molecule has 2 heterocycles. The first kappa shape index (κ1) is 16.1. The van der Waals surface area contributed by atoms with Gasteiger partial charge in [0.2, 0.25) is 0 Å². The van der Waals surface area contributed by atoms with E-state index in [2.05, 4.69) is 0 Å². The molecule has 0 aromatic rings. The van der Waals surface area contributed by atoms with E-state index < -0.39 is 49.1 Å². The van der Waals surface area contributed by atoms with Crippen molar-refractivity contribution in [3.63, 3.8) is 0 Å². The number of carbonyl (C=O) groups excluding carboxylic acids is 1. The summed E-state index contributed by atoms with van der Waals surface area (Å²) >= 11 is 0. The highest BCUT2D eigenvalue weighted by molar-refractivity contribution is 5.83. The third kappa shape index (κ3) is 3.30. The predicted octanol–water partition coefficient (Wildman–Crippen LogP) is 1.67. The molecule has 8 heteroatoms. The zero-order chi connectivity index (χ0) is 15.8. The molecule has 0 aromatic heterocycles. The molecule has 2 saturated heterocycles. The van der Waals surface area contributed by atoms with E-state index in [0.717, 1.165) is 11.3 Å². The van der Waals surface area contributed by atoms with E-state index in [1.54, 1.807) is 0 Å². The highest BCUT2D eigenvalue weighted by atomic mass is 19.4. The van der Waals surface area contributed by atoms with Gasteiger partial charge in [-0.05, 0) is 19.3 Å². The summed E-state index contributed by atoms with van der Waals surface area (Å²) in [7, 11) is 0. The van der Waals surface area contributed by atoms with E-state index in [-0.39, 0.29) is 6.10 Å². The zero-order valence-electron chi connectivity index (χ0n) is 11.6. The number of carboxylic acid groups (broad SMARTS) is 1. The molecule has 2 rings (SSSR count). The third-order valence-corrected chi connectivity index (χ3v) is 4.21. The van der Waals surface area contributed by atoms with Gasteiger partial charge in [-0.3, -0.25) is 9.59 Å². The summed E-state index contributed by atoms with van der Waals surface area (Å²) < 4.78 is 44.1. The molecule has 120 valence electrons. The quantitative estimate of drug-likeness (QED) is 0.861. The smallest absolute Gasteiger partial charge is 0.394 e. The number of nitrogens with zero attached hydrogens (tertiary/aromatic N) is 1. The second-order valence-corrected chi connectivity index (χ2v) is 5.57. The van der Waals surface area contributed by atoms with Crippen LogP contribution in [0, 0.1) is 11.8 Å². The lowest BCUT2D eigenvalue weighted by atomic mass is 9.96. The van der Waals surface area contributed by atoms with Crippen molar-refractivity contribution in [2.75, 3.05) is 13.1 Å². The van der Waals surface area contributed by atoms with Crippen molar-refractivity contribution < 1.29 is 32.6 Å². The van der Waals surface area contributed by atoms with Gasteiger partial charge >= 0.3 is 12.1 Å². The molecule has 1 amide bonds. The van der Waals surface area contributed by atoms with Gasteiger partial charge in [-0.2, -0.15) is 13.2 Å². The molecule has 2 unspecified atom stereocenters. The van der Waals surface area contributed by atoms with Gasteiger partial charge in [0.05, 0.1) is 17.9 Å². The molecule has 21 heavy (non-hydrogen) atoms. The van der Waals surface area contributed by atoms with Crippen LogP contribution in [0.4, 0.5) is 13.2 Å². The maximum atomic E-state index is 12.9. The van der Waals surface area contributed by atoms with Crippen molar-refractivity contribution >= 4 is 11.9 Å². The second kappa shape index (κ2) is 5.82. The van der Waals surface area contributed by atoms with Crippen LogP contribution in [0.5, 0.6) is 0 Å². The van der Waals surface area contributed by atoms with Gasteiger partial charge in [-0.1, -0.05) is 6.92 Å². The molecule has 0 aliphatic carbocycles. The fraction of sp³-hybridized carbons (Fsp3) is 0.846. The van der Waals surface area contributed by atoms with Crippen LogP contribution in [0.1, 0.15) is 26.2 Å². The standard InChI is InChI=1S/C13H18F3NO4/c1-2-7-3-4-10(21-7)11(18)17-5-8(12(19)20)9(6-17)13(14,15)16/h7-10H,2-6H2,1H3,(H,19,20)/t7?,8-,9-,10?/m1/s1. The number of likely N-dealkylation sites (tertiary alicyclic amines) is 1. The van der Waals surface area contributed by atoms with Crippen LogP contribution in [0.15, 0.2) is 0 Å². The monoisotopic (exact) mass is 309 g/mol. The van der Waals surface area contributed by atoms with E-state index >= 15 is 0 Å². The van der Waals surface area contributed by atoms with Gasteiger partial charge in [0.1, 0.15) is 6.10 Å². The molecule has 2 aliphatic rings. The van der Waals surface area contributed by atoms with E-state index in [1.165, 1.54) is 0 Å². The number of alkyl halides is 3. The molecule has 2 aliphatic heterocycles. The number of hydrogen-bond donors (Lipinski definition) is 1. The van der Waals surface area contributed by atoms with Crippen LogP contribution < -0.4 is 0 Å². The number of ether oxygens (including phenoxy) is 1. The molecule has 0 spiro atoms. The van der Waals surface area contributed by atoms with Crippen molar-refractivity contribution in [2.24, 2.45) is 11.8 Å². The van der Waals surface area contributed by atoms with Gasteiger partial charge < -0.3 is 14.7 Å². The van der Waals surface area contributed by atoms with E-state index in [9.17, 15) is 22.8 Å². The van der Waals surface area contributed by atoms with Crippen molar-refractivity contribution in [3.05, 3.63) is 0 Å². The molecule has 0 radical (unpaired) electrons. The normalized spacial score (nSPS) is 33.4. The Morgan fingerprint density at radius 1 is 1.29 bits per heavy atom. The molecule has 2 fully saturated rings. The highest BCUT2D eigenvalue weighted by Gasteiger charge is 2.54. The second-order valence-electron chi connectivity index (χ2n) is 5.57. The topological polar surface area (TPSA) is 66.8 Å². The van der Waals surface area contributed by atoms with Crippen LogP contribution in [-0.2, 0) is 14.3 Å². The van der Waals surface area contributed by atoms with Crippen LogP contribution in [0.2, 0.25) is 0 Å². The molecule has 4 atom stereocenters. The van der Waals surface area contributed by atoms with Gasteiger partial charge in [0.25, 0.3) is 5.91 Å². The minimum Gasteiger partial charge on any atom is -0.481 e. The van der Waals surface area contributed by atoms with Crippen molar-refractivity contribution in [1.82, 2.24) is 4.90 Å². The summed E-state index contributed by atoms with van der Waals surface area (Å²) in [5.74, 6) is -5.66. The molecular weight excluding hydrogens is 291 g/mol. The van der Waals surface area contributed by atoms with Gasteiger partial charge in [-0.25, -0.2) is 0 Å². The number of hydrogen-bond acceptors (Lipinski definition) is 3. The van der Waals surface area contributed by atoms with Crippen molar-refractivity contribution in [2.45, 2.75) is 44.6 Å². The summed E-state index contributed by atoms with van der Waals surface area (Å²) in [4.78, 5) is 24.2. The van der Waals surface area contributed by atoms with E-state index in [4.69, 9.17) is 9.84 Å². The third-order valence-electron chi connectivity index (χ3n) is 4.21. The molecular formula is C13H18F3NO4. The fourth-order valence-corrected chi connectivity index (χ4v) is 2.96. The Morgan fingerprint density at radius 2 is 1.95 bits per heavy atom. The summed E-state index contributed by atoms with van der Waals surface area (Å²) in [5, 5.41) is 8.92. The van der Waals surface area contributed by atoms with Crippen LogP contribution in [-0.4, -0.2) is 53.4 Å². The zero-order valence-corrected chi connectivity index (χ0v) is 11.6. The average Bonchev–Trinajstić information content (AvgIpc) is 3.04. The van der Waals surface area contributed by atoms with Gasteiger partial charge in [0, 0.05) is 13.1 Å². The summed E-state index contributed by atoms with van der Waals surface area (Å²) in [6.45, 7) is 0.901. The lowest BCUT2D eigenvalue weighted by Gasteiger charge is -2.21. The van der Waals surface area contributed by atoms with Crippen molar-refractivity contribution in [1.29, 1.82) is 0 Å². The lowest BCUT2D eigenvalue weighted by molar-refractivity contribution is -0.188. The molecule has 1 N–H and O–H groups in total. The van der Waals surface area contributed by atoms with Gasteiger partial charge in [0.15, 0.2) is 0 Å². The largest absolute Gasteiger partial charge is 0.481 e. The number of carboxylic acids is 1. The summed E-state index contributed by atoms with van der Waals surface area (Å²) in [5.41, 5.74) is 0. The molecule has 0 bridgehead atoms. The first-order valence-corrected chi connectivity index (χ1v) is 6.97. The highest BCUT2D eigenvalue weighted by Crippen LogP contribution is 2.38.